The lowest BCUT2D eigenvalue weighted by Gasteiger charge is -2.63. The van der Waals surface area contributed by atoms with Gasteiger partial charge >= 0.3 is 5.97 Å². The van der Waals surface area contributed by atoms with Crippen LogP contribution in [0.3, 0.4) is 0 Å². The summed E-state index contributed by atoms with van der Waals surface area (Å²) in [5.41, 5.74) is -0.313. The third-order valence-electron chi connectivity index (χ3n) is 10.7. The Morgan fingerprint density at radius 1 is 1.10 bits per heavy atom. The second kappa shape index (κ2) is 6.74. The van der Waals surface area contributed by atoms with E-state index in [1.165, 1.54) is 0 Å². The van der Waals surface area contributed by atoms with Crippen molar-refractivity contribution in [1.82, 2.24) is 0 Å². The predicted octanol–water partition coefficient (Wildman–Crippen LogP) is 4.25. The van der Waals surface area contributed by atoms with E-state index in [1.807, 2.05) is 0 Å². The second-order valence-electron chi connectivity index (χ2n) is 11.9. The van der Waals surface area contributed by atoms with E-state index in [4.69, 9.17) is 5.11 Å². The maximum absolute atomic E-state index is 11.6. The molecule has 10 atom stereocenters. The average molecular weight is 419 g/mol. The minimum Gasteiger partial charge on any atom is -0.481 e. The van der Waals surface area contributed by atoms with Crippen molar-refractivity contribution < 1.29 is 20.1 Å². The molecule has 168 valence electrons. The highest BCUT2D eigenvalue weighted by Crippen LogP contribution is 2.72. The molecule has 0 aromatic rings. The summed E-state index contributed by atoms with van der Waals surface area (Å²) in [7, 11) is 0. The normalized spacial score (nSPS) is 51.7. The number of aliphatic hydroxyl groups is 2. The van der Waals surface area contributed by atoms with E-state index >= 15 is 0 Å². The molecule has 3 N–H and O–H groups in total. The van der Waals surface area contributed by atoms with Crippen LogP contribution in [0.5, 0.6) is 0 Å². The Bertz CT molecular complexity index is 749. The first-order valence-corrected chi connectivity index (χ1v) is 12.1. The fourth-order valence-corrected chi connectivity index (χ4v) is 8.99. The number of fused-ring (bicyclic) bond motifs is 6. The minimum atomic E-state index is -0.730. The fourth-order valence-electron chi connectivity index (χ4n) is 8.99. The van der Waals surface area contributed by atoms with E-state index in [0.29, 0.717) is 41.9 Å². The largest absolute Gasteiger partial charge is 0.481 e. The van der Waals surface area contributed by atoms with Crippen molar-refractivity contribution >= 4 is 5.97 Å². The van der Waals surface area contributed by atoms with Gasteiger partial charge in [-0.2, -0.15) is 10.2 Å². The number of aliphatic hydroxyl groups excluding tert-OH is 2. The lowest BCUT2D eigenvalue weighted by Crippen LogP contribution is -2.63. The van der Waals surface area contributed by atoms with Crippen LogP contribution < -0.4 is 0 Å². The van der Waals surface area contributed by atoms with Gasteiger partial charge in [-0.3, -0.25) is 4.79 Å². The van der Waals surface area contributed by atoms with Gasteiger partial charge in [-0.15, -0.1) is 0 Å². The van der Waals surface area contributed by atoms with E-state index in [9.17, 15) is 15.0 Å². The molecule has 5 aliphatic rings. The molecule has 0 saturated heterocycles. The van der Waals surface area contributed by atoms with Crippen molar-refractivity contribution in [2.45, 2.75) is 96.4 Å². The van der Waals surface area contributed by atoms with Crippen molar-refractivity contribution in [1.29, 1.82) is 0 Å². The molecule has 0 aromatic carbocycles. The summed E-state index contributed by atoms with van der Waals surface area (Å²) in [6.07, 6.45) is 6.98. The topological polar surface area (TPSA) is 102 Å². The van der Waals surface area contributed by atoms with Crippen LogP contribution in [-0.2, 0) is 4.79 Å². The maximum atomic E-state index is 11.6. The first kappa shape index (κ1) is 20.9. The molecule has 4 saturated carbocycles. The Morgan fingerprint density at radius 3 is 2.50 bits per heavy atom. The first-order valence-electron chi connectivity index (χ1n) is 12.1. The second-order valence-corrected chi connectivity index (χ2v) is 11.9. The van der Waals surface area contributed by atoms with Crippen LogP contribution in [0.25, 0.3) is 0 Å². The molecule has 4 fully saturated rings. The molecule has 1 heterocycles. The Kier molecular flexibility index (Phi) is 4.69. The third kappa shape index (κ3) is 2.78. The van der Waals surface area contributed by atoms with Gasteiger partial charge < -0.3 is 15.3 Å². The van der Waals surface area contributed by atoms with Crippen molar-refractivity contribution in [2.75, 3.05) is 0 Å². The highest BCUT2D eigenvalue weighted by Gasteiger charge is 2.72. The number of hydrogen-bond acceptors (Lipinski definition) is 5. The highest BCUT2D eigenvalue weighted by atomic mass is 16.4. The minimum absolute atomic E-state index is 0.151. The smallest absolute Gasteiger partial charge is 0.303 e. The number of carboxylic acids is 1. The van der Waals surface area contributed by atoms with Gasteiger partial charge in [0, 0.05) is 18.8 Å². The van der Waals surface area contributed by atoms with Gasteiger partial charge in [0.05, 0.1) is 12.2 Å². The summed E-state index contributed by atoms with van der Waals surface area (Å²) in [5.74, 6) is 1.53. The summed E-state index contributed by atoms with van der Waals surface area (Å²) < 4.78 is 0. The Hall–Kier alpha value is -1.01. The zero-order valence-corrected chi connectivity index (χ0v) is 18.6. The molecule has 0 amide bonds. The van der Waals surface area contributed by atoms with Gasteiger partial charge in [0.25, 0.3) is 0 Å². The molecular weight excluding hydrogens is 380 g/mol. The lowest BCUT2D eigenvalue weighted by molar-refractivity contribution is -0.187. The van der Waals surface area contributed by atoms with Crippen LogP contribution in [0.4, 0.5) is 0 Å². The zero-order valence-electron chi connectivity index (χ0n) is 18.6. The molecule has 1 aliphatic heterocycles. The van der Waals surface area contributed by atoms with Gasteiger partial charge in [0.2, 0.25) is 0 Å². The first-order chi connectivity index (χ1) is 14.1. The van der Waals surface area contributed by atoms with Crippen LogP contribution >= 0.6 is 0 Å². The molecule has 5 rings (SSSR count). The number of hydrogen-bond donors (Lipinski definition) is 3. The maximum Gasteiger partial charge on any atom is 0.303 e. The van der Waals surface area contributed by atoms with Gasteiger partial charge in [-0.25, -0.2) is 0 Å². The lowest BCUT2D eigenvalue weighted by atomic mass is 9.42. The third-order valence-corrected chi connectivity index (χ3v) is 10.7. The van der Waals surface area contributed by atoms with Crippen LogP contribution in [0.2, 0.25) is 0 Å². The van der Waals surface area contributed by atoms with Crippen LogP contribution in [0, 0.1) is 46.3 Å². The molecule has 6 nitrogen and oxygen atoms in total. The van der Waals surface area contributed by atoms with E-state index in [0.717, 1.165) is 44.9 Å². The van der Waals surface area contributed by atoms with Gasteiger partial charge in [-0.05, 0) is 85.4 Å². The number of carboxylic acid groups (broad SMARTS) is 1. The predicted molar refractivity (Wildman–Crippen MR) is 112 cm³/mol. The number of aliphatic carboxylic acids is 1. The monoisotopic (exact) mass is 418 g/mol. The number of carbonyl (C=O) groups is 1. The molecule has 4 aliphatic carbocycles. The molecule has 0 aromatic heterocycles. The SMILES string of the molecule is CC(CCC(=O)O)C1CCC2C3C(CC(O)C12C)C1(C)CCC(O)CC1CC31N=N1. The molecule has 0 bridgehead atoms. The van der Waals surface area contributed by atoms with Gasteiger partial charge in [0.1, 0.15) is 0 Å². The average Bonchev–Trinajstić information content (AvgIpc) is 3.35. The van der Waals surface area contributed by atoms with E-state index in [2.05, 4.69) is 31.0 Å². The van der Waals surface area contributed by atoms with Crippen molar-refractivity contribution in [3.63, 3.8) is 0 Å². The van der Waals surface area contributed by atoms with Crippen molar-refractivity contribution in [2.24, 2.45) is 56.6 Å². The molecule has 10 unspecified atom stereocenters. The quantitative estimate of drug-likeness (QED) is 0.635. The molecule has 1 spiro atoms. The number of nitrogens with zero attached hydrogens (tertiary/aromatic N) is 2. The number of rotatable bonds is 4. The molecular formula is C24H38N2O4. The van der Waals surface area contributed by atoms with Gasteiger partial charge in [-0.1, -0.05) is 20.8 Å². The van der Waals surface area contributed by atoms with Crippen LogP contribution in [0.1, 0.15) is 78.6 Å². The Labute approximate surface area is 179 Å². The van der Waals surface area contributed by atoms with Crippen LogP contribution in [0.15, 0.2) is 10.2 Å². The van der Waals surface area contributed by atoms with E-state index in [-0.39, 0.29) is 35.1 Å². The van der Waals surface area contributed by atoms with Crippen molar-refractivity contribution in [3.05, 3.63) is 0 Å². The molecule has 0 radical (unpaired) electrons. The standard InChI is InChI=1S/C24H38N2O4/c1-13(4-7-20(29)30)16-5-6-17-21-18(11-19(28)23(16,17)3)22(2)9-8-15(27)10-14(22)12-24(21)25-26-24/h13-19,21,27-28H,4-12H2,1-3H3,(H,29,30). The summed E-state index contributed by atoms with van der Waals surface area (Å²) in [6.45, 7) is 6.87. The highest BCUT2D eigenvalue weighted by molar-refractivity contribution is 5.66. The molecule has 6 heteroatoms. The fraction of sp³-hybridized carbons (Fsp3) is 0.958. The van der Waals surface area contributed by atoms with Crippen LogP contribution in [-0.4, -0.2) is 39.2 Å². The Balaban J connectivity index is 1.46. The summed E-state index contributed by atoms with van der Waals surface area (Å²) in [6, 6.07) is 0. The summed E-state index contributed by atoms with van der Waals surface area (Å²) >= 11 is 0. The van der Waals surface area contributed by atoms with E-state index in [1.54, 1.807) is 0 Å². The Morgan fingerprint density at radius 2 is 1.83 bits per heavy atom. The van der Waals surface area contributed by atoms with Gasteiger partial charge in [0.15, 0.2) is 5.66 Å². The summed E-state index contributed by atoms with van der Waals surface area (Å²) in [5, 5.41) is 40.4. The zero-order chi connectivity index (χ0) is 21.5. The molecule has 30 heavy (non-hydrogen) atoms. The summed E-state index contributed by atoms with van der Waals surface area (Å²) in [4.78, 5) is 11.1. The van der Waals surface area contributed by atoms with Crippen molar-refractivity contribution in [3.8, 4) is 0 Å². The van der Waals surface area contributed by atoms with E-state index < -0.39 is 5.97 Å².